The lowest BCUT2D eigenvalue weighted by Gasteiger charge is -2.16. The largest absolute Gasteiger partial charge is 0.374 e. The molecule has 1 aliphatic rings. The summed E-state index contributed by atoms with van der Waals surface area (Å²) in [5.74, 6) is 0.761. The van der Waals surface area contributed by atoms with Crippen LogP contribution >= 0.6 is 0 Å². The summed E-state index contributed by atoms with van der Waals surface area (Å²) < 4.78 is 5.82. The Labute approximate surface area is 99.1 Å². The zero-order valence-corrected chi connectivity index (χ0v) is 10.6. The van der Waals surface area contributed by atoms with Crippen LogP contribution in [0.25, 0.3) is 0 Å². The third-order valence-electron chi connectivity index (χ3n) is 3.04. The van der Waals surface area contributed by atoms with Gasteiger partial charge in [0.1, 0.15) is 6.29 Å². The monoisotopic (exact) mass is 224 g/mol. The minimum Gasteiger partial charge on any atom is -0.374 e. The molecule has 0 aliphatic heterocycles. The minimum atomic E-state index is 0.338. The van der Waals surface area contributed by atoms with Gasteiger partial charge in [0.15, 0.2) is 0 Å². The maximum Gasteiger partial charge on any atom is 0.120 e. The van der Waals surface area contributed by atoms with Gasteiger partial charge in [-0.15, -0.1) is 0 Å². The lowest BCUT2D eigenvalue weighted by Crippen LogP contribution is -2.13. The number of hydrogen-bond donors (Lipinski definition) is 0. The Morgan fingerprint density at radius 2 is 2.38 bits per heavy atom. The molecule has 0 aromatic rings. The highest BCUT2D eigenvalue weighted by molar-refractivity contribution is 5.48. The number of aldehydes is 1. The third-order valence-corrected chi connectivity index (χ3v) is 3.04. The number of hydrogen-bond acceptors (Lipinski definition) is 2. The van der Waals surface area contributed by atoms with Crippen LogP contribution in [0.4, 0.5) is 0 Å². The fourth-order valence-corrected chi connectivity index (χ4v) is 2.04. The van der Waals surface area contributed by atoms with Gasteiger partial charge >= 0.3 is 0 Å². The Hall–Kier alpha value is -0.630. The Bertz CT molecular complexity index is 231. The molecule has 0 heterocycles. The normalized spacial score (nSPS) is 20.2. The fourth-order valence-electron chi connectivity index (χ4n) is 2.04. The lowest BCUT2D eigenvalue weighted by atomic mass is 10.0. The SMILES string of the molecule is CC(C)CCC1=CCC[C@H]1OCCCC=O. The number of carbonyl (C=O) groups excluding carboxylic acids is 1. The van der Waals surface area contributed by atoms with Crippen molar-refractivity contribution in [2.24, 2.45) is 5.92 Å². The van der Waals surface area contributed by atoms with Crippen molar-refractivity contribution in [2.75, 3.05) is 6.61 Å². The summed E-state index contributed by atoms with van der Waals surface area (Å²) in [5.41, 5.74) is 1.49. The van der Waals surface area contributed by atoms with Gasteiger partial charge in [-0.05, 0) is 43.6 Å². The van der Waals surface area contributed by atoms with E-state index >= 15 is 0 Å². The van der Waals surface area contributed by atoms with Crippen molar-refractivity contribution in [1.82, 2.24) is 0 Å². The molecule has 0 fully saturated rings. The second-order valence-electron chi connectivity index (χ2n) is 4.96. The van der Waals surface area contributed by atoms with E-state index in [2.05, 4.69) is 19.9 Å². The summed E-state index contributed by atoms with van der Waals surface area (Å²) in [7, 11) is 0. The molecule has 0 bridgehead atoms. The van der Waals surface area contributed by atoms with E-state index in [4.69, 9.17) is 4.74 Å². The van der Waals surface area contributed by atoms with Crippen molar-refractivity contribution in [1.29, 1.82) is 0 Å². The van der Waals surface area contributed by atoms with Gasteiger partial charge in [0.05, 0.1) is 6.10 Å². The topological polar surface area (TPSA) is 26.3 Å². The van der Waals surface area contributed by atoms with Crippen LogP contribution < -0.4 is 0 Å². The van der Waals surface area contributed by atoms with Crippen LogP contribution in [0, 0.1) is 5.92 Å². The van der Waals surface area contributed by atoms with Crippen LogP contribution in [-0.2, 0) is 9.53 Å². The second-order valence-corrected chi connectivity index (χ2v) is 4.96. The molecule has 0 aromatic carbocycles. The molecule has 0 aromatic heterocycles. The molecule has 0 spiro atoms. The molecule has 0 saturated carbocycles. The molecule has 0 amide bonds. The molecule has 2 nitrogen and oxygen atoms in total. The van der Waals surface area contributed by atoms with Crippen LogP contribution in [0.1, 0.15) is 52.4 Å². The third kappa shape index (κ3) is 4.93. The molecular formula is C14H24O2. The van der Waals surface area contributed by atoms with Gasteiger partial charge in [0.25, 0.3) is 0 Å². The average molecular weight is 224 g/mol. The van der Waals surface area contributed by atoms with Crippen molar-refractivity contribution >= 4 is 6.29 Å². The fraction of sp³-hybridized carbons (Fsp3) is 0.786. The van der Waals surface area contributed by atoms with Gasteiger partial charge in [-0.1, -0.05) is 19.9 Å². The van der Waals surface area contributed by atoms with Gasteiger partial charge in [-0.3, -0.25) is 0 Å². The van der Waals surface area contributed by atoms with Gasteiger partial charge < -0.3 is 9.53 Å². The highest BCUT2D eigenvalue weighted by Crippen LogP contribution is 2.27. The summed E-state index contributed by atoms with van der Waals surface area (Å²) in [6, 6.07) is 0. The van der Waals surface area contributed by atoms with Crippen molar-refractivity contribution in [2.45, 2.75) is 58.5 Å². The summed E-state index contributed by atoms with van der Waals surface area (Å²) in [6.07, 6.45) is 9.84. The van der Waals surface area contributed by atoms with E-state index in [9.17, 15) is 4.79 Å². The van der Waals surface area contributed by atoms with Crippen molar-refractivity contribution in [3.05, 3.63) is 11.6 Å². The Morgan fingerprint density at radius 1 is 1.56 bits per heavy atom. The van der Waals surface area contributed by atoms with E-state index in [1.54, 1.807) is 0 Å². The molecule has 16 heavy (non-hydrogen) atoms. The van der Waals surface area contributed by atoms with Crippen molar-refractivity contribution in [3.8, 4) is 0 Å². The van der Waals surface area contributed by atoms with Gasteiger partial charge in [-0.2, -0.15) is 0 Å². The molecule has 0 saturated heterocycles. The van der Waals surface area contributed by atoms with Crippen LogP contribution in [-0.4, -0.2) is 19.0 Å². The molecule has 1 rings (SSSR count). The summed E-state index contributed by atoms with van der Waals surface area (Å²) in [4.78, 5) is 10.2. The van der Waals surface area contributed by atoms with Crippen LogP contribution in [0.15, 0.2) is 11.6 Å². The van der Waals surface area contributed by atoms with E-state index in [0.29, 0.717) is 12.5 Å². The van der Waals surface area contributed by atoms with Gasteiger partial charge in [0, 0.05) is 13.0 Å². The van der Waals surface area contributed by atoms with Crippen LogP contribution in [0.2, 0.25) is 0 Å². The zero-order valence-electron chi connectivity index (χ0n) is 10.6. The lowest BCUT2D eigenvalue weighted by molar-refractivity contribution is -0.108. The molecule has 92 valence electrons. The first kappa shape index (κ1) is 13.4. The second kappa shape index (κ2) is 7.61. The van der Waals surface area contributed by atoms with Crippen LogP contribution in [0.5, 0.6) is 0 Å². The molecule has 0 unspecified atom stereocenters. The van der Waals surface area contributed by atoms with Crippen molar-refractivity contribution < 1.29 is 9.53 Å². The van der Waals surface area contributed by atoms with E-state index in [1.807, 2.05) is 0 Å². The zero-order chi connectivity index (χ0) is 11.8. The quantitative estimate of drug-likeness (QED) is 0.358. The smallest absolute Gasteiger partial charge is 0.120 e. The Balaban J connectivity index is 2.20. The molecule has 1 atom stereocenters. The standard InChI is InChI=1S/C14H24O2/c1-12(2)8-9-13-6-5-7-14(13)16-11-4-3-10-15/h6,10,12,14H,3-5,7-9,11H2,1-2H3/t14-/m1/s1. The number of rotatable bonds is 8. The first-order valence-electron chi connectivity index (χ1n) is 6.48. The summed E-state index contributed by atoms with van der Waals surface area (Å²) in [6.45, 7) is 5.24. The van der Waals surface area contributed by atoms with Crippen molar-refractivity contribution in [3.63, 3.8) is 0 Å². The minimum absolute atomic E-state index is 0.338. The van der Waals surface area contributed by atoms with E-state index in [0.717, 1.165) is 38.1 Å². The van der Waals surface area contributed by atoms with E-state index in [1.165, 1.54) is 18.4 Å². The highest BCUT2D eigenvalue weighted by atomic mass is 16.5. The number of unbranched alkanes of at least 4 members (excludes halogenated alkanes) is 1. The maximum absolute atomic E-state index is 10.2. The Kier molecular flexibility index (Phi) is 6.39. The van der Waals surface area contributed by atoms with Crippen LogP contribution in [0.3, 0.4) is 0 Å². The molecule has 0 radical (unpaired) electrons. The molecular weight excluding hydrogens is 200 g/mol. The number of carbonyl (C=O) groups is 1. The van der Waals surface area contributed by atoms with Gasteiger partial charge in [-0.25, -0.2) is 0 Å². The summed E-state index contributed by atoms with van der Waals surface area (Å²) in [5, 5.41) is 0. The average Bonchev–Trinajstić information content (AvgIpc) is 2.69. The first-order valence-corrected chi connectivity index (χ1v) is 6.48. The highest BCUT2D eigenvalue weighted by Gasteiger charge is 2.19. The molecule has 0 N–H and O–H groups in total. The predicted molar refractivity (Wildman–Crippen MR) is 66.4 cm³/mol. The first-order chi connectivity index (χ1) is 7.74. The predicted octanol–water partition coefficient (Wildman–Crippen LogP) is 3.51. The van der Waals surface area contributed by atoms with E-state index in [-0.39, 0.29) is 0 Å². The number of allylic oxidation sites excluding steroid dienone is 1. The summed E-state index contributed by atoms with van der Waals surface area (Å²) >= 11 is 0. The van der Waals surface area contributed by atoms with E-state index < -0.39 is 0 Å². The number of ether oxygens (including phenoxy) is 1. The maximum atomic E-state index is 10.2. The molecule has 1 aliphatic carbocycles. The molecule has 2 heteroatoms. The Morgan fingerprint density at radius 3 is 3.06 bits per heavy atom. The van der Waals surface area contributed by atoms with Gasteiger partial charge in [0.2, 0.25) is 0 Å².